The van der Waals surface area contributed by atoms with Crippen LogP contribution in [-0.4, -0.2) is 47.0 Å². The molecular formula is C24H29N2O2+. The zero-order valence-corrected chi connectivity index (χ0v) is 16.4. The predicted octanol–water partition coefficient (Wildman–Crippen LogP) is 4.16. The summed E-state index contributed by atoms with van der Waals surface area (Å²) in [4.78, 5) is 14.4. The van der Waals surface area contributed by atoms with Crippen LogP contribution in [-0.2, 0) is 16.0 Å². The molecule has 0 aromatic heterocycles. The molecule has 2 aromatic rings. The molecule has 4 heteroatoms. The van der Waals surface area contributed by atoms with E-state index in [1.54, 1.807) is 0 Å². The van der Waals surface area contributed by atoms with Crippen molar-refractivity contribution in [2.45, 2.75) is 44.6 Å². The molecule has 2 heterocycles. The van der Waals surface area contributed by atoms with Crippen LogP contribution in [0.25, 0.3) is 0 Å². The van der Waals surface area contributed by atoms with Gasteiger partial charge in [0, 0.05) is 51.0 Å². The minimum absolute atomic E-state index is 0.0949. The molecule has 0 amide bonds. The Bertz CT molecular complexity index is 809. The van der Waals surface area contributed by atoms with Crippen molar-refractivity contribution >= 4 is 17.6 Å². The van der Waals surface area contributed by atoms with Crippen molar-refractivity contribution in [3.63, 3.8) is 0 Å². The van der Waals surface area contributed by atoms with Crippen LogP contribution in [0.3, 0.4) is 0 Å². The quantitative estimate of drug-likeness (QED) is 0.579. The molecule has 4 nitrogen and oxygen atoms in total. The minimum atomic E-state index is -0.0949. The van der Waals surface area contributed by atoms with E-state index >= 15 is 0 Å². The fourth-order valence-corrected chi connectivity index (χ4v) is 4.27. The van der Waals surface area contributed by atoms with E-state index in [1.165, 1.54) is 5.56 Å². The molecule has 0 spiro atoms. The number of nitrogens with zero attached hydrogens (tertiary/aromatic N) is 2. The van der Waals surface area contributed by atoms with E-state index in [0.29, 0.717) is 12.5 Å². The molecule has 2 fully saturated rings. The molecule has 0 bridgehead atoms. The number of carbonyl (C=O) groups excluding carboxylic acids is 1. The van der Waals surface area contributed by atoms with Gasteiger partial charge in [-0.1, -0.05) is 48.5 Å². The number of likely N-dealkylation sites (tertiary alicyclic amines) is 1. The molecule has 2 aliphatic rings. The zero-order valence-electron chi connectivity index (χ0n) is 16.4. The van der Waals surface area contributed by atoms with E-state index in [-0.39, 0.29) is 5.97 Å². The third-order valence-electron chi connectivity index (χ3n) is 5.79. The van der Waals surface area contributed by atoms with Gasteiger partial charge in [-0.3, -0.25) is 4.79 Å². The molecule has 28 heavy (non-hydrogen) atoms. The highest BCUT2D eigenvalue weighted by Crippen LogP contribution is 2.24. The third-order valence-corrected chi connectivity index (χ3v) is 5.79. The average molecular weight is 378 g/mol. The molecule has 2 aromatic carbocycles. The zero-order chi connectivity index (χ0) is 19.2. The first kappa shape index (κ1) is 18.9. The molecular weight excluding hydrogens is 348 g/mol. The summed E-state index contributed by atoms with van der Waals surface area (Å²) in [7, 11) is 0. The molecule has 0 atom stereocenters. The van der Waals surface area contributed by atoms with Crippen molar-refractivity contribution in [3.8, 4) is 0 Å². The van der Waals surface area contributed by atoms with Gasteiger partial charge in [-0.15, -0.1) is 0 Å². The van der Waals surface area contributed by atoms with E-state index in [0.717, 1.165) is 63.3 Å². The Morgan fingerprint density at radius 3 is 2.29 bits per heavy atom. The molecule has 146 valence electrons. The van der Waals surface area contributed by atoms with Gasteiger partial charge in [0.05, 0.1) is 6.42 Å². The fourth-order valence-electron chi connectivity index (χ4n) is 4.27. The molecule has 2 aliphatic heterocycles. The fraction of sp³-hybridized carbons (Fsp3) is 0.417. The monoisotopic (exact) mass is 377 g/mol. The van der Waals surface area contributed by atoms with Crippen molar-refractivity contribution in [2.75, 3.05) is 19.6 Å². The number of cyclic esters (lactones) is 1. The first-order valence-electron chi connectivity index (χ1n) is 10.5. The predicted molar refractivity (Wildman–Crippen MR) is 111 cm³/mol. The van der Waals surface area contributed by atoms with Gasteiger partial charge in [0.2, 0.25) is 5.69 Å². The van der Waals surface area contributed by atoms with Crippen LogP contribution in [0.2, 0.25) is 0 Å². The summed E-state index contributed by atoms with van der Waals surface area (Å²) in [6, 6.07) is 21.5. The Morgan fingerprint density at radius 1 is 0.929 bits per heavy atom. The van der Waals surface area contributed by atoms with E-state index in [2.05, 4.69) is 64.1 Å². The molecule has 4 rings (SSSR count). The number of benzene rings is 2. The number of esters is 1. The summed E-state index contributed by atoms with van der Waals surface area (Å²) in [5, 5.41) is 0. The Morgan fingerprint density at radius 2 is 1.61 bits per heavy atom. The summed E-state index contributed by atoms with van der Waals surface area (Å²) in [5.41, 5.74) is 2.54. The van der Waals surface area contributed by atoms with Crippen molar-refractivity contribution in [3.05, 3.63) is 66.2 Å². The molecule has 0 saturated carbocycles. The summed E-state index contributed by atoms with van der Waals surface area (Å²) in [5.74, 6) is 0.743. The maximum Gasteiger partial charge on any atom is 0.350 e. The highest BCUT2D eigenvalue weighted by Gasteiger charge is 2.34. The second-order valence-corrected chi connectivity index (χ2v) is 7.74. The summed E-state index contributed by atoms with van der Waals surface area (Å²) >= 11 is 0. The van der Waals surface area contributed by atoms with Gasteiger partial charge in [0.25, 0.3) is 0 Å². The van der Waals surface area contributed by atoms with Crippen molar-refractivity contribution in [1.82, 2.24) is 4.90 Å². The second-order valence-electron chi connectivity index (χ2n) is 7.74. The van der Waals surface area contributed by atoms with E-state index in [1.807, 2.05) is 6.07 Å². The SMILES string of the molecule is O=C1CCCC(=[N+](c2ccccc2)C2CCN(CCc3ccccc3)CC2)O1. The topological polar surface area (TPSA) is 32.5 Å². The van der Waals surface area contributed by atoms with E-state index < -0.39 is 0 Å². The standard InChI is InChI=1S/C24H29N2O2/c27-24-13-7-12-23(28-24)26(21-10-5-2-6-11-21)22-15-18-25(19-16-22)17-14-20-8-3-1-4-9-20/h1-6,8-11,22H,7,12-19H2/q+1. The van der Waals surface area contributed by atoms with Crippen LogP contribution in [0.4, 0.5) is 5.69 Å². The first-order chi connectivity index (χ1) is 13.8. The van der Waals surface area contributed by atoms with Gasteiger partial charge in [-0.25, -0.2) is 0 Å². The smallest absolute Gasteiger partial charge is 0.350 e. The maximum absolute atomic E-state index is 11.9. The molecule has 2 saturated heterocycles. The van der Waals surface area contributed by atoms with Crippen LogP contribution in [0.15, 0.2) is 60.7 Å². The molecule has 0 unspecified atom stereocenters. The van der Waals surface area contributed by atoms with Crippen LogP contribution in [0.1, 0.15) is 37.7 Å². The average Bonchev–Trinajstić information content (AvgIpc) is 2.75. The van der Waals surface area contributed by atoms with Gasteiger partial charge in [0.1, 0.15) is 0 Å². The maximum atomic E-state index is 11.9. The Kier molecular flexibility index (Phi) is 6.17. The lowest BCUT2D eigenvalue weighted by Crippen LogP contribution is -2.43. The number of hydrogen-bond acceptors (Lipinski definition) is 3. The largest absolute Gasteiger partial charge is 0.374 e. The van der Waals surface area contributed by atoms with Crippen LogP contribution >= 0.6 is 0 Å². The lowest BCUT2D eigenvalue weighted by Gasteiger charge is -2.31. The van der Waals surface area contributed by atoms with Crippen LogP contribution in [0, 0.1) is 0 Å². The number of hydrogen-bond donors (Lipinski definition) is 0. The number of piperidine rings is 1. The molecule has 0 N–H and O–H groups in total. The van der Waals surface area contributed by atoms with E-state index in [9.17, 15) is 4.79 Å². The van der Waals surface area contributed by atoms with Crippen molar-refractivity contribution < 1.29 is 14.1 Å². The van der Waals surface area contributed by atoms with Gasteiger partial charge in [-0.05, 0) is 18.4 Å². The minimum Gasteiger partial charge on any atom is -0.374 e. The van der Waals surface area contributed by atoms with Crippen LogP contribution in [0.5, 0.6) is 0 Å². The number of carbonyl (C=O) groups is 1. The highest BCUT2D eigenvalue weighted by atomic mass is 16.5. The van der Waals surface area contributed by atoms with Crippen molar-refractivity contribution in [1.29, 1.82) is 0 Å². The second kappa shape index (κ2) is 9.16. The number of para-hydroxylation sites is 1. The summed E-state index contributed by atoms with van der Waals surface area (Å²) < 4.78 is 7.98. The summed E-state index contributed by atoms with van der Waals surface area (Å²) in [6.07, 6.45) is 5.53. The lowest BCUT2D eigenvalue weighted by molar-refractivity contribution is -0.499. The number of ether oxygens (including phenoxy) is 1. The van der Waals surface area contributed by atoms with E-state index in [4.69, 9.17) is 4.74 Å². The molecule has 0 aliphatic carbocycles. The third kappa shape index (κ3) is 4.68. The van der Waals surface area contributed by atoms with Gasteiger partial charge < -0.3 is 9.64 Å². The Labute approximate surface area is 167 Å². The summed E-state index contributed by atoms with van der Waals surface area (Å²) in [6.45, 7) is 3.28. The normalized spacial score (nSPS) is 20.6. The number of rotatable bonds is 5. The Hall–Kier alpha value is -2.46. The van der Waals surface area contributed by atoms with Gasteiger partial charge in [0.15, 0.2) is 6.04 Å². The molecule has 0 radical (unpaired) electrons. The van der Waals surface area contributed by atoms with Crippen molar-refractivity contribution in [2.24, 2.45) is 0 Å². The van der Waals surface area contributed by atoms with Gasteiger partial charge in [-0.2, -0.15) is 4.58 Å². The highest BCUT2D eigenvalue weighted by molar-refractivity contribution is 5.89. The van der Waals surface area contributed by atoms with Crippen LogP contribution < -0.4 is 0 Å². The lowest BCUT2D eigenvalue weighted by atomic mass is 10.0. The first-order valence-corrected chi connectivity index (χ1v) is 10.5. The van der Waals surface area contributed by atoms with Gasteiger partial charge >= 0.3 is 11.9 Å². The Balaban J connectivity index is 1.44.